The van der Waals surface area contributed by atoms with E-state index in [1.165, 1.54) is 6.92 Å². The lowest BCUT2D eigenvalue weighted by Crippen LogP contribution is -2.13. The lowest BCUT2D eigenvalue weighted by molar-refractivity contribution is -0.114. The summed E-state index contributed by atoms with van der Waals surface area (Å²) in [6, 6.07) is 13.8. The number of amides is 2. The van der Waals surface area contributed by atoms with E-state index in [0.29, 0.717) is 22.7 Å². The predicted molar refractivity (Wildman–Crippen MR) is 81.7 cm³/mol. The molecule has 2 aromatic carbocycles. The molecule has 0 aliphatic rings. The van der Waals surface area contributed by atoms with Crippen LogP contribution in [-0.4, -0.2) is 18.9 Å². The van der Waals surface area contributed by atoms with E-state index in [9.17, 15) is 9.59 Å². The van der Waals surface area contributed by atoms with Gasteiger partial charge >= 0.3 is 0 Å². The van der Waals surface area contributed by atoms with Gasteiger partial charge in [-0.15, -0.1) is 0 Å². The first-order valence-corrected chi connectivity index (χ1v) is 6.42. The van der Waals surface area contributed by atoms with Crippen LogP contribution in [0, 0.1) is 0 Å². The number of hydrogen-bond acceptors (Lipinski definition) is 3. The van der Waals surface area contributed by atoms with Crippen molar-refractivity contribution in [2.24, 2.45) is 0 Å². The lowest BCUT2D eigenvalue weighted by Gasteiger charge is -2.10. The molecular weight excluding hydrogens is 268 g/mol. The highest BCUT2D eigenvalue weighted by atomic mass is 16.5. The van der Waals surface area contributed by atoms with Gasteiger partial charge in [0.15, 0.2) is 0 Å². The molecule has 108 valence electrons. The van der Waals surface area contributed by atoms with Crippen LogP contribution in [0.1, 0.15) is 17.3 Å². The van der Waals surface area contributed by atoms with E-state index in [2.05, 4.69) is 10.6 Å². The van der Waals surface area contributed by atoms with Crippen molar-refractivity contribution >= 4 is 23.2 Å². The molecule has 0 bridgehead atoms. The highest BCUT2D eigenvalue weighted by Gasteiger charge is 2.09. The van der Waals surface area contributed by atoms with Crippen LogP contribution in [0.15, 0.2) is 48.5 Å². The van der Waals surface area contributed by atoms with Crippen LogP contribution >= 0.6 is 0 Å². The molecule has 5 nitrogen and oxygen atoms in total. The summed E-state index contributed by atoms with van der Waals surface area (Å²) >= 11 is 0. The molecule has 0 fully saturated rings. The first-order chi connectivity index (χ1) is 10.1. The Labute approximate surface area is 122 Å². The fourth-order valence-electron chi connectivity index (χ4n) is 1.85. The van der Waals surface area contributed by atoms with E-state index in [4.69, 9.17) is 4.74 Å². The molecular formula is C16H16N2O3. The molecule has 2 aromatic rings. The molecule has 0 radical (unpaired) electrons. The molecule has 0 spiro atoms. The van der Waals surface area contributed by atoms with Gasteiger partial charge in [-0.2, -0.15) is 0 Å². The van der Waals surface area contributed by atoms with Crippen LogP contribution in [0.5, 0.6) is 5.75 Å². The zero-order valence-electron chi connectivity index (χ0n) is 11.8. The molecule has 5 heteroatoms. The van der Waals surface area contributed by atoms with Crippen molar-refractivity contribution in [1.82, 2.24) is 0 Å². The van der Waals surface area contributed by atoms with Crippen LogP contribution in [0.4, 0.5) is 11.4 Å². The second-order valence-electron chi connectivity index (χ2n) is 4.41. The molecule has 0 unspecified atom stereocenters. The van der Waals surface area contributed by atoms with Crippen molar-refractivity contribution in [3.05, 3.63) is 54.1 Å². The lowest BCUT2D eigenvalue weighted by atomic mass is 10.2. The van der Waals surface area contributed by atoms with Crippen LogP contribution in [0.3, 0.4) is 0 Å². The fourth-order valence-corrected chi connectivity index (χ4v) is 1.85. The average Bonchev–Trinajstić information content (AvgIpc) is 2.48. The van der Waals surface area contributed by atoms with Gasteiger partial charge < -0.3 is 15.4 Å². The zero-order chi connectivity index (χ0) is 15.2. The first kappa shape index (κ1) is 14.6. The quantitative estimate of drug-likeness (QED) is 0.907. The number of hydrogen-bond donors (Lipinski definition) is 2. The number of anilines is 2. The SMILES string of the molecule is COc1ccccc1NC(=O)c1ccc(NC(C)=O)cc1. The highest BCUT2D eigenvalue weighted by molar-refractivity contribution is 6.05. The summed E-state index contributed by atoms with van der Waals surface area (Å²) in [6.07, 6.45) is 0. The van der Waals surface area contributed by atoms with Gasteiger partial charge in [0.25, 0.3) is 5.91 Å². The van der Waals surface area contributed by atoms with E-state index >= 15 is 0 Å². The average molecular weight is 284 g/mol. The molecule has 2 N–H and O–H groups in total. The van der Waals surface area contributed by atoms with Crippen molar-refractivity contribution in [2.75, 3.05) is 17.7 Å². The number of methoxy groups -OCH3 is 1. The Hall–Kier alpha value is -2.82. The van der Waals surface area contributed by atoms with Crippen LogP contribution < -0.4 is 15.4 Å². The molecule has 0 heterocycles. The number of para-hydroxylation sites is 2. The molecule has 0 saturated carbocycles. The Kier molecular flexibility index (Phi) is 4.56. The number of benzene rings is 2. The van der Waals surface area contributed by atoms with Gasteiger partial charge in [0.2, 0.25) is 5.91 Å². The maximum atomic E-state index is 12.2. The maximum absolute atomic E-state index is 12.2. The first-order valence-electron chi connectivity index (χ1n) is 6.42. The summed E-state index contributed by atoms with van der Waals surface area (Å²) in [7, 11) is 1.55. The minimum Gasteiger partial charge on any atom is -0.495 e. The normalized spacial score (nSPS) is 9.81. The minimum absolute atomic E-state index is 0.152. The van der Waals surface area contributed by atoms with Gasteiger partial charge in [0.05, 0.1) is 12.8 Å². The summed E-state index contributed by atoms with van der Waals surface area (Å²) in [5.41, 5.74) is 1.75. The molecule has 0 aliphatic heterocycles. The Morgan fingerprint density at radius 1 is 0.952 bits per heavy atom. The van der Waals surface area contributed by atoms with Gasteiger partial charge in [-0.3, -0.25) is 9.59 Å². The van der Waals surface area contributed by atoms with E-state index < -0.39 is 0 Å². The standard InChI is InChI=1S/C16H16N2O3/c1-11(19)17-13-9-7-12(8-10-13)16(20)18-14-5-3-4-6-15(14)21-2/h3-10H,1-2H3,(H,17,19)(H,18,20). The molecule has 0 aliphatic carbocycles. The van der Waals surface area contributed by atoms with Gasteiger partial charge in [-0.1, -0.05) is 12.1 Å². The largest absolute Gasteiger partial charge is 0.495 e. The Morgan fingerprint density at radius 2 is 1.62 bits per heavy atom. The number of carbonyl (C=O) groups excluding carboxylic acids is 2. The Balaban J connectivity index is 2.11. The number of carbonyl (C=O) groups is 2. The van der Waals surface area contributed by atoms with E-state index in [1.54, 1.807) is 43.5 Å². The highest BCUT2D eigenvalue weighted by Crippen LogP contribution is 2.23. The van der Waals surface area contributed by atoms with Crippen LogP contribution in [0.2, 0.25) is 0 Å². The van der Waals surface area contributed by atoms with Crippen LogP contribution in [-0.2, 0) is 4.79 Å². The Morgan fingerprint density at radius 3 is 2.24 bits per heavy atom. The number of nitrogens with one attached hydrogen (secondary N) is 2. The summed E-state index contributed by atoms with van der Waals surface area (Å²) in [4.78, 5) is 23.1. The molecule has 2 amide bonds. The van der Waals surface area contributed by atoms with E-state index in [0.717, 1.165) is 0 Å². The smallest absolute Gasteiger partial charge is 0.255 e. The summed E-state index contributed by atoms with van der Waals surface area (Å²) in [6.45, 7) is 1.43. The van der Waals surface area contributed by atoms with Crippen molar-refractivity contribution < 1.29 is 14.3 Å². The van der Waals surface area contributed by atoms with Gasteiger partial charge in [0.1, 0.15) is 5.75 Å². The van der Waals surface area contributed by atoms with Crippen molar-refractivity contribution in [3.63, 3.8) is 0 Å². The molecule has 0 aromatic heterocycles. The molecule has 2 rings (SSSR count). The molecule has 0 atom stereocenters. The Bertz CT molecular complexity index is 651. The van der Waals surface area contributed by atoms with E-state index in [1.807, 2.05) is 12.1 Å². The molecule has 0 saturated heterocycles. The summed E-state index contributed by atoms with van der Waals surface area (Å²) < 4.78 is 5.18. The number of ether oxygens (including phenoxy) is 1. The summed E-state index contributed by atoms with van der Waals surface area (Å²) in [5.74, 6) is 0.204. The van der Waals surface area contributed by atoms with Gasteiger partial charge in [-0.25, -0.2) is 0 Å². The molecule has 21 heavy (non-hydrogen) atoms. The third-order valence-electron chi connectivity index (χ3n) is 2.82. The minimum atomic E-state index is -0.242. The predicted octanol–water partition coefficient (Wildman–Crippen LogP) is 2.91. The van der Waals surface area contributed by atoms with Crippen LogP contribution in [0.25, 0.3) is 0 Å². The van der Waals surface area contributed by atoms with Gasteiger partial charge in [0, 0.05) is 18.2 Å². The second-order valence-corrected chi connectivity index (χ2v) is 4.41. The topological polar surface area (TPSA) is 67.4 Å². The fraction of sp³-hybridized carbons (Fsp3) is 0.125. The second kappa shape index (κ2) is 6.56. The van der Waals surface area contributed by atoms with Crippen molar-refractivity contribution in [1.29, 1.82) is 0 Å². The number of rotatable bonds is 4. The van der Waals surface area contributed by atoms with Crippen molar-refractivity contribution in [2.45, 2.75) is 6.92 Å². The third kappa shape index (κ3) is 3.82. The monoisotopic (exact) mass is 284 g/mol. The van der Waals surface area contributed by atoms with E-state index in [-0.39, 0.29) is 11.8 Å². The zero-order valence-corrected chi connectivity index (χ0v) is 11.8. The van der Waals surface area contributed by atoms with Crippen molar-refractivity contribution in [3.8, 4) is 5.75 Å². The summed E-state index contributed by atoms with van der Waals surface area (Å²) in [5, 5.41) is 5.43. The third-order valence-corrected chi connectivity index (χ3v) is 2.82. The maximum Gasteiger partial charge on any atom is 0.255 e. The van der Waals surface area contributed by atoms with Gasteiger partial charge in [-0.05, 0) is 36.4 Å².